The predicted octanol–water partition coefficient (Wildman–Crippen LogP) is 4.43. The second-order valence-electron chi connectivity index (χ2n) is 8.35. The number of likely N-dealkylation sites (tertiary alicyclic amines) is 1. The standard InChI is InChI=1S/C25H29N5O4S/c1-5-14-8-6-7-9-30(14)25(31)22-20(27)19-18(15(12-26)23(28)29-24(19)35-22)13-10-16(32-2)21(34-4)17(11-13)33-3/h10-11,14H,5-9,27H2,1-4H3,(H2,28,29). The maximum atomic E-state index is 13.6. The number of rotatable bonds is 6. The van der Waals surface area contributed by atoms with Crippen molar-refractivity contribution in [3.8, 4) is 34.4 Å². The van der Waals surface area contributed by atoms with Gasteiger partial charge in [0.2, 0.25) is 5.75 Å². The number of carbonyl (C=O) groups excluding carboxylic acids is 1. The average molecular weight is 496 g/mol. The number of benzene rings is 1. The van der Waals surface area contributed by atoms with Crippen LogP contribution in [0.2, 0.25) is 0 Å². The number of pyridine rings is 1. The Morgan fingerprint density at radius 1 is 1.20 bits per heavy atom. The summed E-state index contributed by atoms with van der Waals surface area (Å²) in [5, 5.41) is 10.5. The molecule has 184 valence electrons. The molecule has 0 aliphatic carbocycles. The molecule has 4 N–H and O–H groups in total. The van der Waals surface area contributed by atoms with Crippen LogP contribution in [0.4, 0.5) is 11.5 Å². The third-order valence-electron chi connectivity index (χ3n) is 6.52. The monoisotopic (exact) mass is 495 g/mol. The van der Waals surface area contributed by atoms with Crippen molar-refractivity contribution in [2.45, 2.75) is 38.6 Å². The van der Waals surface area contributed by atoms with E-state index in [0.717, 1.165) is 25.7 Å². The molecule has 10 heteroatoms. The van der Waals surface area contributed by atoms with Gasteiger partial charge in [-0.25, -0.2) is 4.98 Å². The number of fused-ring (bicyclic) bond motifs is 1. The predicted molar refractivity (Wildman–Crippen MR) is 137 cm³/mol. The SMILES string of the molecule is CCC1CCCCN1C(=O)c1sc2nc(N)c(C#N)c(-c3cc(OC)c(OC)c(OC)c3)c2c1N. The summed E-state index contributed by atoms with van der Waals surface area (Å²) in [7, 11) is 4.55. The Morgan fingerprint density at radius 3 is 2.46 bits per heavy atom. The van der Waals surface area contributed by atoms with E-state index in [1.807, 2.05) is 4.90 Å². The Kier molecular flexibility index (Phi) is 6.89. The van der Waals surface area contributed by atoms with E-state index in [2.05, 4.69) is 18.0 Å². The smallest absolute Gasteiger partial charge is 0.266 e. The van der Waals surface area contributed by atoms with Crippen LogP contribution in [0.5, 0.6) is 17.2 Å². The number of thiophene rings is 1. The van der Waals surface area contributed by atoms with Crippen molar-refractivity contribution >= 4 is 39.0 Å². The van der Waals surface area contributed by atoms with Gasteiger partial charge in [0.15, 0.2) is 11.5 Å². The summed E-state index contributed by atoms with van der Waals surface area (Å²) in [4.78, 5) is 20.9. The minimum Gasteiger partial charge on any atom is -0.493 e. The lowest BCUT2D eigenvalue weighted by Crippen LogP contribution is -2.43. The first-order valence-corrected chi connectivity index (χ1v) is 12.2. The minimum atomic E-state index is -0.107. The Labute approximate surface area is 208 Å². The maximum Gasteiger partial charge on any atom is 0.266 e. The van der Waals surface area contributed by atoms with Crippen LogP contribution in [0.15, 0.2) is 12.1 Å². The molecule has 1 aliphatic rings. The second kappa shape index (κ2) is 9.88. The van der Waals surface area contributed by atoms with Crippen molar-refractivity contribution < 1.29 is 19.0 Å². The fourth-order valence-electron chi connectivity index (χ4n) is 4.78. The number of nitrogens with two attached hydrogens (primary N) is 2. The number of carbonyl (C=O) groups is 1. The summed E-state index contributed by atoms with van der Waals surface area (Å²) in [5.74, 6) is 1.20. The van der Waals surface area contributed by atoms with Crippen LogP contribution in [-0.4, -0.2) is 49.7 Å². The van der Waals surface area contributed by atoms with Gasteiger partial charge in [0, 0.05) is 23.5 Å². The molecule has 3 heterocycles. The van der Waals surface area contributed by atoms with Gasteiger partial charge in [-0.1, -0.05) is 6.92 Å². The van der Waals surface area contributed by atoms with Crippen LogP contribution in [0.1, 0.15) is 47.8 Å². The lowest BCUT2D eigenvalue weighted by atomic mass is 9.96. The number of nitriles is 1. The molecule has 0 radical (unpaired) electrons. The van der Waals surface area contributed by atoms with Gasteiger partial charge in [-0.2, -0.15) is 5.26 Å². The minimum absolute atomic E-state index is 0.0633. The summed E-state index contributed by atoms with van der Waals surface area (Å²) in [6.45, 7) is 2.79. The molecule has 4 rings (SSSR count). The molecule has 0 bridgehead atoms. The summed E-state index contributed by atoms with van der Waals surface area (Å²) in [6.07, 6.45) is 3.94. The zero-order chi connectivity index (χ0) is 25.3. The van der Waals surface area contributed by atoms with E-state index in [4.69, 9.17) is 25.7 Å². The van der Waals surface area contributed by atoms with Crippen LogP contribution < -0.4 is 25.7 Å². The topological polar surface area (TPSA) is 137 Å². The molecule has 1 amide bonds. The Hall–Kier alpha value is -3.71. The fraction of sp³-hybridized carbons (Fsp3) is 0.400. The molecule has 3 aromatic rings. The molecule has 35 heavy (non-hydrogen) atoms. The molecule has 1 aliphatic heterocycles. The van der Waals surface area contributed by atoms with Gasteiger partial charge >= 0.3 is 0 Å². The van der Waals surface area contributed by atoms with E-state index in [0.29, 0.717) is 55.7 Å². The van der Waals surface area contributed by atoms with Crippen molar-refractivity contribution in [1.29, 1.82) is 5.26 Å². The van der Waals surface area contributed by atoms with E-state index < -0.39 is 0 Å². The molecule has 1 fully saturated rings. The van der Waals surface area contributed by atoms with Gasteiger partial charge < -0.3 is 30.6 Å². The summed E-state index contributed by atoms with van der Waals surface area (Å²) in [5.41, 5.74) is 14.4. The van der Waals surface area contributed by atoms with Crippen molar-refractivity contribution in [1.82, 2.24) is 9.88 Å². The maximum absolute atomic E-state index is 13.6. The molecule has 2 aromatic heterocycles. The second-order valence-corrected chi connectivity index (χ2v) is 9.35. The van der Waals surface area contributed by atoms with Crippen LogP contribution in [0.25, 0.3) is 21.3 Å². The van der Waals surface area contributed by atoms with Crippen LogP contribution in [0, 0.1) is 11.3 Å². The number of methoxy groups -OCH3 is 3. The number of ether oxygens (including phenoxy) is 3. The van der Waals surface area contributed by atoms with Crippen LogP contribution in [-0.2, 0) is 0 Å². The van der Waals surface area contributed by atoms with E-state index in [1.165, 1.54) is 32.7 Å². The molecule has 1 atom stereocenters. The first-order valence-electron chi connectivity index (χ1n) is 11.4. The molecular weight excluding hydrogens is 466 g/mol. The van der Waals surface area contributed by atoms with Gasteiger partial charge in [0.25, 0.3) is 5.91 Å². The quantitative estimate of drug-likeness (QED) is 0.512. The van der Waals surface area contributed by atoms with Crippen molar-refractivity contribution in [3.05, 3.63) is 22.6 Å². The number of amides is 1. The van der Waals surface area contributed by atoms with Gasteiger partial charge in [-0.05, 0) is 43.4 Å². The fourth-order valence-corrected chi connectivity index (χ4v) is 5.85. The number of anilines is 2. The first-order chi connectivity index (χ1) is 16.9. The van der Waals surface area contributed by atoms with Crippen molar-refractivity contribution in [2.24, 2.45) is 0 Å². The van der Waals surface area contributed by atoms with Gasteiger partial charge in [-0.3, -0.25) is 4.79 Å². The van der Waals surface area contributed by atoms with E-state index >= 15 is 0 Å². The molecule has 0 spiro atoms. The highest BCUT2D eigenvalue weighted by molar-refractivity contribution is 7.21. The molecular formula is C25H29N5O4S. The molecule has 0 saturated carbocycles. The largest absolute Gasteiger partial charge is 0.493 e. The van der Waals surface area contributed by atoms with Gasteiger partial charge in [-0.15, -0.1) is 11.3 Å². The van der Waals surface area contributed by atoms with Crippen LogP contribution in [0.3, 0.4) is 0 Å². The highest BCUT2D eigenvalue weighted by Crippen LogP contribution is 2.47. The summed E-state index contributed by atoms with van der Waals surface area (Å²) >= 11 is 1.20. The lowest BCUT2D eigenvalue weighted by molar-refractivity contribution is 0.0614. The Bertz CT molecular complexity index is 1300. The first kappa shape index (κ1) is 24.4. The van der Waals surface area contributed by atoms with E-state index in [-0.39, 0.29) is 23.3 Å². The third-order valence-corrected chi connectivity index (χ3v) is 7.61. The molecule has 1 aromatic carbocycles. The summed E-state index contributed by atoms with van der Waals surface area (Å²) in [6, 6.07) is 5.80. The number of piperidine rings is 1. The normalized spacial score (nSPS) is 15.6. The van der Waals surface area contributed by atoms with Crippen molar-refractivity contribution in [2.75, 3.05) is 39.3 Å². The molecule has 9 nitrogen and oxygen atoms in total. The molecule has 1 unspecified atom stereocenters. The van der Waals surface area contributed by atoms with Crippen molar-refractivity contribution in [3.63, 3.8) is 0 Å². The lowest BCUT2D eigenvalue weighted by Gasteiger charge is -2.35. The number of nitrogen functional groups attached to an aromatic ring is 2. The number of hydrogen-bond donors (Lipinski definition) is 2. The Balaban J connectivity index is 1.98. The highest BCUT2D eigenvalue weighted by atomic mass is 32.1. The highest BCUT2D eigenvalue weighted by Gasteiger charge is 2.31. The number of nitrogens with zero attached hydrogens (tertiary/aromatic N) is 3. The zero-order valence-corrected chi connectivity index (χ0v) is 21.1. The van der Waals surface area contributed by atoms with E-state index in [1.54, 1.807) is 12.1 Å². The Morgan fingerprint density at radius 2 is 1.89 bits per heavy atom. The van der Waals surface area contributed by atoms with Gasteiger partial charge in [0.1, 0.15) is 27.2 Å². The number of aromatic nitrogens is 1. The zero-order valence-electron chi connectivity index (χ0n) is 20.3. The van der Waals surface area contributed by atoms with E-state index in [9.17, 15) is 10.1 Å². The van der Waals surface area contributed by atoms with Crippen LogP contribution >= 0.6 is 11.3 Å². The summed E-state index contributed by atoms with van der Waals surface area (Å²) < 4.78 is 16.5. The number of hydrogen-bond acceptors (Lipinski definition) is 9. The average Bonchev–Trinajstić information content (AvgIpc) is 3.21. The van der Waals surface area contributed by atoms with Gasteiger partial charge in [0.05, 0.1) is 27.0 Å². The third kappa shape index (κ3) is 4.06. The molecule has 1 saturated heterocycles.